The first-order valence-corrected chi connectivity index (χ1v) is 12.7. The first kappa shape index (κ1) is 21.0. The monoisotopic (exact) mass is 449 g/mol. The van der Waals surface area contributed by atoms with Gasteiger partial charge in [-0.1, -0.05) is 12.1 Å². The Morgan fingerprint density at radius 3 is 2.33 bits per heavy atom. The summed E-state index contributed by atoms with van der Waals surface area (Å²) < 4.78 is 50.4. The number of carbonyl (C=O) groups is 1. The molecule has 4 rings (SSSR count). The minimum Gasteiger partial charge on any atom is -0.312 e. The molecule has 0 unspecified atom stereocenters. The maximum absolute atomic E-state index is 12.7. The van der Waals surface area contributed by atoms with E-state index in [0.29, 0.717) is 19.4 Å². The van der Waals surface area contributed by atoms with Crippen molar-refractivity contribution in [2.24, 2.45) is 11.1 Å². The van der Waals surface area contributed by atoms with Gasteiger partial charge in [-0.3, -0.25) is 4.79 Å². The second kappa shape index (κ2) is 7.77. The van der Waals surface area contributed by atoms with Crippen LogP contribution in [-0.2, 0) is 37.7 Å². The van der Waals surface area contributed by atoms with Crippen molar-refractivity contribution in [2.45, 2.75) is 35.5 Å². The van der Waals surface area contributed by atoms with Crippen molar-refractivity contribution in [3.63, 3.8) is 0 Å². The average molecular weight is 450 g/mol. The van der Waals surface area contributed by atoms with E-state index in [-0.39, 0.29) is 28.2 Å². The van der Waals surface area contributed by atoms with Crippen LogP contribution < -0.4 is 14.8 Å². The lowest BCUT2D eigenvalue weighted by atomic mass is 10.2. The van der Waals surface area contributed by atoms with E-state index in [1.807, 2.05) is 0 Å². The minimum absolute atomic E-state index is 0.0131. The standard InChI is InChI=1S/C20H23N3O5S2/c21-29(25,26)17-5-1-14(2-6-17)9-11-22-30(27,28)18-7-8-19-16(13-18)10-12-23(19)20(24)15-3-4-15/h1-2,5-8,13,15,22H,3-4,9-12H2,(H2,21,25,26). The molecule has 3 N–H and O–H groups in total. The molecular formula is C20H23N3O5S2. The number of nitrogens with two attached hydrogens (primary N) is 1. The second-order valence-electron chi connectivity index (χ2n) is 7.64. The van der Waals surface area contributed by atoms with Gasteiger partial charge in [-0.05, 0) is 67.1 Å². The number of fused-ring (bicyclic) bond motifs is 1. The highest BCUT2D eigenvalue weighted by atomic mass is 32.2. The summed E-state index contributed by atoms with van der Waals surface area (Å²) in [6, 6.07) is 10.9. The predicted octanol–water partition coefficient (Wildman–Crippen LogP) is 1.15. The molecule has 0 radical (unpaired) electrons. The molecular weight excluding hydrogens is 426 g/mol. The van der Waals surface area contributed by atoms with Crippen LogP contribution in [0, 0.1) is 5.92 Å². The minimum atomic E-state index is -3.75. The molecule has 1 aliphatic carbocycles. The fourth-order valence-electron chi connectivity index (χ4n) is 3.58. The first-order valence-electron chi connectivity index (χ1n) is 9.71. The Morgan fingerprint density at radius 2 is 1.70 bits per heavy atom. The molecule has 160 valence electrons. The third-order valence-electron chi connectivity index (χ3n) is 5.41. The van der Waals surface area contributed by atoms with E-state index in [0.717, 1.165) is 29.7 Å². The van der Waals surface area contributed by atoms with E-state index >= 15 is 0 Å². The number of nitrogens with one attached hydrogen (secondary N) is 1. The van der Waals surface area contributed by atoms with E-state index in [4.69, 9.17) is 5.14 Å². The first-order chi connectivity index (χ1) is 14.1. The average Bonchev–Trinajstić information content (AvgIpc) is 3.46. The van der Waals surface area contributed by atoms with Gasteiger partial charge in [0.15, 0.2) is 0 Å². The summed E-state index contributed by atoms with van der Waals surface area (Å²) >= 11 is 0. The van der Waals surface area contributed by atoms with Gasteiger partial charge in [-0.2, -0.15) is 0 Å². The van der Waals surface area contributed by atoms with Crippen LogP contribution in [0.3, 0.4) is 0 Å². The van der Waals surface area contributed by atoms with E-state index < -0.39 is 20.0 Å². The van der Waals surface area contributed by atoms with Crippen LogP contribution in [0.2, 0.25) is 0 Å². The Bertz CT molecular complexity index is 1190. The molecule has 1 saturated carbocycles. The van der Waals surface area contributed by atoms with E-state index in [1.54, 1.807) is 29.2 Å². The molecule has 0 spiro atoms. The summed E-state index contributed by atoms with van der Waals surface area (Å²) in [6.07, 6.45) is 2.92. The van der Waals surface area contributed by atoms with Crippen molar-refractivity contribution in [2.75, 3.05) is 18.0 Å². The Hall–Kier alpha value is -2.27. The summed E-state index contributed by atoms with van der Waals surface area (Å²) in [4.78, 5) is 14.3. The van der Waals surface area contributed by atoms with Gasteiger partial charge in [-0.15, -0.1) is 0 Å². The molecule has 0 aromatic heterocycles. The quantitative estimate of drug-likeness (QED) is 0.656. The number of benzene rings is 2. The van der Waals surface area contributed by atoms with Gasteiger partial charge in [0.05, 0.1) is 9.79 Å². The third kappa shape index (κ3) is 4.41. The number of carbonyl (C=O) groups excluding carboxylic acids is 1. The van der Waals surface area contributed by atoms with Crippen LogP contribution in [-0.4, -0.2) is 35.8 Å². The molecule has 2 aromatic carbocycles. The van der Waals surface area contributed by atoms with Crippen LogP contribution >= 0.6 is 0 Å². The highest BCUT2D eigenvalue weighted by molar-refractivity contribution is 7.89. The number of hydrogen-bond acceptors (Lipinski definition) is 5. The number of nitrogens with zero attached hydrogens (tertiary/aromatic N) is 1. The van der Waals surface area contributed by atoms with Crippen molar-refractivity contribution in [1.82, 2.24) is 4.72 Å². The highest BCUT2D eigenvalue weighted by Gasteiger charge is 2.36. The van der Waals surface area contributed by atoms with Gasteiger partial charge in [-0.25, -0.2) is 26.7 Å². The number of sulfonamides is 2. The molecule has 0 bridgehead atoms. The normalized spacial score (nSPS) is 16.5. The number of hydrogen-bond donors (Lipinski definition) is 2. The van der Waals surface area contributed by atoms with Crippen LogP contribution in [0.5, 0.6) is 0 Å². The number of anilines is 1. The smallest absolute Gasteiger partial charge is 0.240 e. The molecule has 2 aromatic rings. The molecule has 30 heavy (non-hydrogen) atoms. The Labute approximate surface area is 176 Å². The van der Waals surface area contributed by atoms with Crippen molar-refractivity contribution < 1.29 is 21.6 Å². The van der Waals surface area contributed by atoms with E-state index in [1.165, 1.54) is 18.2 Å². The highest BCUT2D eigenvalue weighted by Crippen LogP contribution is 2.37. The van der Waals surface area contributed by atoms with Crippen LogP contribution in [0.4, 0.5) is 5.69 Å². The Morgan fingerprint density at radius 1 is 1.03 bits per heavy atom. The maximum atomic E-state index is 12.7. The van der Waals surface area contributed by atoms with Gasteiger partial charge in [0.1, 0.15) is 0 Å². The number of amides is 1. The van der Waals surface area contributed by atoms with Crippen LogP contribution in [0.25, 0.3) is 0 Å². The second-order valence-corrected chi connectivity index (χ2v) is 11.0. The molecule has 0 atom stereocenters. The summed E-state index contributed by atoms with van der Waals surface area (Å²) in [5.41, 5.74) is 2.46. The van der Waals surface area contributed by atoms with Gasteiger partial charge in [0, 0.05) is 24.7 Å². The van der Waals surface area contributed by atoms with Gasteiger partial charge < -0.3 is 4.90 Å². The predicted molar refractivity (Wildman–Crippen MR) is 112 cm³/mol. The number of primary sulfonamides is 1. The van der Waals surface area contributed by atoms with Crippen molar-refractivity contribution in [3.8, 4) is 0 Å². The fourth-order valence-corrected chi connectivity index (χ4v) is 5.18. The topological polar surface area (TPSA) is 127 Å². The van der Waals surface area contributed by atoms with Gasteiger partial charge in [0.25, 0.3) is 0 Å². The SMILES string of the molecule is NS(=O)(=O)c1ccc(CCNS(=O)(=O)c2ccc3c(c2)CCN3C(=O)C2CC2)cc1. The summed E-state index contributed by atoms with van der Waals surface area (Å²) in [5, 5.41) is 5.07. The lowest BCUT2D eigenvalue weighted by molar-refractivity contribution is -0.119. The van der Waals surface area contributed by atoms with Crippen molar-refractivity contribution in [3.05, 3.63) is 53.6 Å². The molecule has 1 heterocycles. The lowest BCUT2D eigenvalue weighted by Crippen LogP contribution is -2.30. The van der Waals surface area contributed by atoms with Gasteiger partial charge in [0.2, 0.25) is 26.0 Å². The summed E-state index contributed by atoms with van der Waals surface area (Å²) in [6.45, 7) is 0.760. The fraction of sp³-hybridized carbons (Fsp3) is 0.350. The van der Waals surface area contributed by atoms with E-state index in [9.17, 15) is 21.6 Å². The summed E-state index contributed by atoms with van der Waals surface area (Å²) in [5.74, 6) is 0.260. The molecule has 8 nitrogen and oxygen atoms in total. The van der Waals surface area contributed by atoms with Crippen molar-refractivity contribution in [1.29, 1.82) is 0 Å². The Kier molecular flexibility index (Phi) is 5.43. The largest absolute Gasteiger partial charge is 0.312 e. The molecule has 0 saturated heterocycles. The zero-order valence-electron chi connectivity index (χ0n) is 16.2. The third-order valence-corrected chi connectivity index (χ3v) is 7.79. The molecule has 10 heteroatoms. The summed E-state index contributed by atoms with van der Waals surface area (Å²) in [7, 11) is -7.45. The molecule has 1 amide bonds. The van der Waals surface area contributed by atoms with E-state index in [2.05, 4.69) is 4.72 Å². The molecule has 2 aliphatic rings. The Balaban J connectivity index is 1.40. The molecule has 1 fully saturated rings. The zero-order chi connectivity index (χ0) is 21.5. The molecule has 1 aliphatic heterocycles. The zero-order valence-corrected chi connectivity index (χ0v) is 17.9. The van der Waals surface area contributed by atoms with Crippen LogP contribution in [0.15, 0.2) is 52.3 Å². The van der Waals surface area contributed by atoms with Crippen LogP contribution in [0.1, 0.15) is 24.0 Å². The maximum Gasteiger partial charge on any atom is 0.240 e. The van der Waals surface area contributed by atoms with Gasteiger partial charge >= 0.3 is 0 Å². The number of rotatable bonds is 7. The lowest BCUT2D eigenvalue weighted by Gasteiger charge is -2.17. The van der Waals surface area contributed by atoms with Crippen molar-refractivity contribution >= 4 is 31.6 Å².